The van der Waals surface area contributed by atoms with E-state index in [1.807, 2.05) is 24.3 Å². The third-order valence-corrected chi connectivity index (χ3v) is 4.36. The van der Waals surface area contributed by atoms with Crippen LogP contribution in [0.25, 0.3) is 10.2 Å². The van der Waals surface area contributed by atoms with Crippen molar-refractivity contribution in [2.75, 3.05) is 7.11 Å². The lowest BCUT2D eigenvalue weighted by Gasteiger charge is -2.06. The van der Waals surface area contributed by atoms with Crippen LogP contribution in [-0.4, -0.2) is 17.6 Å². The third kappa shape index (κ3) is 3.43. The Morgan fingerprint density at radius 1 is 1.09 bits per heavy atom. The number of rotatable bonds is 5. The Kier molecular flexibility index (Phi) is 4.43. The van der Waals surface area contributed by atoms with Gasteiger partial charge in [0.1, 0.15) is 11.5 Å². The maximum atomic E-state index is 12.0. The zero-order valence-electron chi connectivity index (χ0n) is 12.5. The lowest BCUT2D eigenvalue weighted by atomic mass is 10.3. The van der Waals surface area contributed by atoms with Gasteiger partial charge in [-0.3, -0.25) is 14.2 Å². The highest BCUT2D eigenvalue weighted by Crippen LogP contribution is 2.19. The molecule has 0 N–H and O–H groups in total. The molecule has 1 aromatic heterocycles. The number of esters is 1. The zero-order valence-corrected chi connectivity index (χ0v) is 13.3. The molecule has 0 radical (unpaired) electrons. The summed E-state index contributed by atoms with van der Waals surface area (Å²) < 4.78 is 12.8. The minimum Gasteiger partial charge on any atom is -0.497 e. The second-order valence-corrected chi connectivity index (χ2v) is 5.88. The van der Waals surface area contributed by atoms with Gasteiger partial charge in [0, 0.05) is 6.54 Å². The number of nitrogens with zero attached hydrogens (tertiary/aromatic N) is 1. The van der Waals surface area contributed by atoms with Gasteiger partial charge in [-0.05, 0) is 36.4 Å². The molecule has 3 rings (SSSR count). The van der Waals surface area contributed by atoms with Crippen LogP contribution in [0.5, 0.6) is 11.5 Å². The first-order valence-corrected chi connectivity index (χ1v) is 7.92. The highest BCUT2D eigenvalue weighted by Gasteiger charge is 2.10. The summed E-state index contributed by atoms with van der Waals surface area (Å²) in [5.74, 6) is 0.775. The molecule has 1 heterocycles. The summed E-state index contributed by atoms with van der Waals surface area (Å²) in [7, 11) is 1.57. The van der Waals surface area contributed by atoms with Crippen LogP contribution in [0.15, 0.2) is 53.3 Å². The number of aryl methyl sites for hydroxylation is 1. The number of methoxy groups -OCH3 is 1. The number of para-hydroxylation sites is 1. The summed E-state index contributed by atoms with van der Waals surface area (Å²) in [6, 6.07) is 14.3. The molecular formula is C17H15NO4S. The van der Waals surface area contributed by atoms with Gasteiger partial charge in [0.05, 0.1) is 23.7 Å². The van der Waals surface area contributed by atoms with Crippen LogP contribution in [0.2, 0.25) is 0 Å². The molecule has 0 amide bonds. The number of carbonyl (C=O) groups excluding carboxylic acids is 1. The number of thiazole rings is 1. The fraction of sp³-hybridized carbons (Fsp3) is 0.176. The Bertz CT molecular complexity index is 879. The van der Waals surface area contributed by atoms with Crippen molar-refractivity contribution < 1.29 is 14.3 Å². The van der Waals surface area contributed by atoms with Gasteiger partial charge in [0.15, 0.2) is 0 Å². The largest absolute Gasteiger partial charge is 0.497 e. The summed E-state index contributed by atoms with van der Waals surface area (Å²) >= 11 is 1.18. The van der Waals surface area contributed by atoms with Gasteiger partial charge < -0.3 is 9.47 Å². The van der Waals surface area contributed by atoms with Gasteiger partial charge in [0.25, 0.3) is 0 Å². The molecule has 0 spiro atoms. The Balaban J connectivity index is 1.66. The van der Waals surface area contributed by atoms with Gasteiger partial charge in [-0.2, -0.15) is 0 Å². The fourth-order valence-electron chi connectivity index (χ4n) is 2.26. The predicted molar refractivity (Wildman–Crippen MR) is 89.3 cm³/mol. The summed E-state index contributed by atoms with van der Waals surface area (Å²) in [5.41, 5.74) is 0.847. The average molecular weight is 329 g/mol. The van der Waals surface area contributed by atoms with Crippen LogP contribution in [-0.2, 0) is 11.3 Å². The average Bonchev–Trinajstić information content (AvgIpc) is 2.89. The number of aromatic nitrogens is 1. The second-order valence-electron chi connectivity index (χ2n) is 4.89. The molecular weight excluding hydrogens is 314 g/mol. The first-order valence-electron chi connectivity index (χ1n) is 7.10. The molecule has 23 heavy (non-hydrogen) atoms. The van der Waals surface area contributed by atoms with E-state index < -0.39 is 0 Å². The van der Waals surface area contributed by atoms with Gasteiger partial charge in [-0.15, -0.1) is 0 Å². The van der Waals surface area contributed by atoms with Crippen LogP contribution in [0.1, 0.15) is 6.42 Å². The van der Waals surface area contributed by atoms with E-state index in [9.17, 15) is 9.59 Å². The fourth-order valence-corrected chi connectivity index (χ4v) is 3.17. The van der Waals surface area contributed by atoms with Crippen molar-refractivity contribution in [3.05, 3.63) is 58.2 Å². The van der Waals surface area contributed by atoms with Crippen LogP contribution >= 0.6 is 11.3 Å². The Morgan fingerprint density at radius 3 is 2.52 bits per heavy atom. The number of carbonyl (C=O) groups is 1. The first-order chi connectivity index (χ1) is 11.2. The minimum atomic E-state index is -0.377. The van der Waals surface area contributed by atoms with Crippen LogP contribution < -0.4 is 14.3 Å². The molecule has 0 saturated carbocycles. The second kappa shape index (κ2) is 6.66. The zero-order chi connectivity index (χ0) is 16.2. The van der Waals surface area contributed by atoms with E-state index in [0.717, 1.165) is 10.2 Å². The Hall–Kier alpha value is -2.60. The van der Waals surface area contributed by atoms with Crippen LogP contribution in [0.4, 0.5) is 0 Å². The maximum absolute atomic E-state index is 12.0. The SMILES string of the molecule is COc1ccc(OC(=O)CCn2c(=O)sc3ccccc32)cc1. The number of hydrogen-bond acceptors (Lipinski definition) is 5. The molecule has 0 fully saturated rings. The monoisotopic (exact) mass is 329 g/mol. The lowest BCUT2D eigenvalue weighted by Crippen LogP contribution is -2.17. The van der Waals surface area contributed by atoms with Crippen molar-refractivity contribution in [3.63, 3.8) is 0 Å². The van der Waals surface area contributed by atoms with Gasteiger partial charge in [-0.25, -0.2) is 0 Å². The normalized spacial score (nSPS) is 10.7. The highest BCUT2D eigenvalue weighted by atomic mass is 32.1. The molecule has 0 bridgehead atoms. The number of benzene rings is 2. The van der Waals surface area contributed by atoms with E-state index in [0.29, 0.717) is 18.0 Å². The summed E-state index contributed by atoms with van der Waals surface area (Å²) in [5, 5.41) is 0. The molecule has 5 nitrogen and oxygen atoms in total. The third-order valence-electron chi connectivity index (χ3n) is 3.40. The van der Waals surface area contributed by atoms with Crippen molar-refractivity contribution in [1.29, 1.82) is 0 Å². The molecule has 0 aliphatic rings. The summed E-state index contributed by atoms with van der Waals surface area (Å²) in [6.45, 7) is 0.303. The van der Waals surface area contributed by atoms with Crippen molar-refractivity contribution >= 4 is 27.5 Å². The van der Waals surface area contributed by atoms with E-state index in [1.165, 1.54) is 11.3 Å². The topological polar surface area (TPSA) is 57.5 Å². The first kappa shape index (κ1) is 15.3. The molecule has 0 unspecified atom stereocenters. The van der Waals surface area contributed by atoms with Crippen LogP contribution in [0.3, 0.4) is 0 Å². The van der Waals surface area contributed by atoms with Crippen LogP contribution in [0, 0.1) is 0 Å². The molecule has 2 aromatic carbocycles. The molecule has 0 atom stereocenters. The van der Waals surface area contributed by atoms with Gasteiger partial charge in [-0.1, -0.05) is 23.5 Å². The molecule has 3 aromatic rings. The number of hydrogen-bond donors (Lipinski definition) is 0. The molecule has 6 heteroatoms. The molecule has 0 aliphatic heterocycles. The Morgan fingerprint density at radius 2 is 1.78 bits per heavy atom. The highest BCUT2D eigenvalue weighted by molar-refractivity contribution is 7.16. The van der Waals surface area contributed by atoms with Crippen molar-refractivity contribution in [2.45, 2.75) is 13.0 Å². The summed E-state index contributed by atoms with van der Waals surface area (Å²) in [4.78, 5) is 23.9. The Labute approximate surface area is 136 Å². The predicted octanol–water partition coefficient (Wildman–Crippen LogP) is 3.07. The number of ether oxygens (including phenoxy) is 2. The smallest absolute Gasteiger partial charge is 0.312 e. The van der Waals surface area contributed by atoms with Crippen molar-refractivity contribution in [3.8, 4) is 11.5 Å². The molecule has 0 aliphatic carbocycles. The lowest BCUT2D eigenvalue weighted by molar-refractivity contribution is -0.134. The van der Waals surface area contributed by atoms with Gasteiger partial charge >= 0.3 is 10.8 Å². The summed E-state index contributed by atoms with van der Waals surface area (Å²) in [6.07, 6.45) is 0.132. The van der Waals surface area contributed by atoms with Gasteiger partial charge in [0.2, 0.25) is 0 Å². The molecule has 0 saturated heterocycles. The maximum Gasteiger partial charge on any atom is 0.312 e. The number of fused-ring (bicyclic) bond motifs is 1. The molecule has 118 valence electrons. The van der Waals surface area contributed by atoms with E-state index in [-0.39, 0.29) is 17.3 Å². The van der Waals surface area contributed by atoms with E-state index in [2.05, 4.69) is 0 Å². The minimum absolute atomic E-state index is 0.0663. The van der Waals surface area contributed by atoms with Crippen molar-refractivity contribution in [1.82, 2.24) is 4.57 Å². The van der Waals surface area contributed by atoms with E-state index >= 15 is 0 Å². The quantitative estimate of drug-likeness (QED) is 0.533. The van der Waals surface area contributed by atoms with E-state index in [4.69, 9.17) is 9.47 Å². The van der Waals surface area contributed by atoms with Crippen molar-refractivity contribution in [2.24, 2.45) is 0 Å². The standard InChI is InChI=1S/C17H15NO4S/c1-21-12-6-8-13(9-7-12)22-16(19)10-11-18-14-4-2-3-5-15(14)23-17(18)20/h2-9H,10-11H2,1H3. The van der Waals surface area contributed by atoms with E-state index in [1.54, 1.807) is 35.9 Å².